The monoisotopic (exact) mass is 332 g/mol. The van der Waals surface area contributed by atoms with Crippen molar-refractivity contribution in [1.82, 2.24) is 5.43 Å². The van der Waals surface area contributed by atoms with E-state index in [4.69, 9.17) is 0 Å². The molecule has 8 nitrogen and oxygen atoms in total. The highest BCUT2D eigenvalue weighted by molar-refractivity contribution is 6.01. The molecule has 1 aromatic carbocycles. The lowest BCUT2D eigenvalue weighted by atomic mass is 9.55. The van der Waals surface area contributed by atoms with Gasteiger partial charge >= 0.3 is 11.9 Å². The van der Waals surface area contributed by atoms with Crippen molar-refractivity contribution < 1.29 is 29.7 Å². The Labute approximate surface area is 136 Å². The SMILES string of the molecule is CC(=O)NN=C1CC2c3ccc(O)cc3C1C(C(=O)O)C2C(=O)O. The van der Waals surface area contributed by atoms with Gasteiger partial charge in [-0.05, 0) is 29.7 Å². The zero-order valence-electron chi connectivity index (χ0n) is 12.8. The van der Waals surface area contributed by atoms with Gasteiger partial charge < -0.3 is 15.3 Å². The zero-order chi connectivity index (χ0) is 17.6. The number of carbonyl (C=O) groups is 3. The first-order chi connectivity index (χ1) is 11.3. The summed E-state index contributed by atoms with van der Waals surface area (Å²) in [6.45, 7) is 1.28. The Balaban J connectivity index is 2.19. The molecule has 1 fully saturated rings. The zero-order valence-corrected chi connectivity index (χ0v) is 12.8. The lowest BCUT2D eigenvalue weighted by Crippen LogP contribution is -2.50. The van der Waals surface area contributed by atoms with Crippen LogP contribution in [0, 0.1) is 11.8 Å². The summed E-state index contributed by atoms with van der Waals surface area (Å²) in [5, 5.41) is 32.9. The normalized spacial score (nSPS) is 29.1. The summed E-state index contributed by atoms with van der Waals surface area (Å²) in [6.07, 6.45) is 0.253. The molecule has 4 atom stereocenters. The molecule has 0 heterocycles. The largest absolute Gasteiger partial charge is 0.508 e. The lowest BCUT2D eigenvalue weighted by molar-refractivity contribution is -0.156. The number of phenolic OH excluding ortho intramolecular Hbond substituents is 1. The molecule has 0 saturated heterocycles. The number of aliphatic carboxylic acids is 2. The molecule has 0 spiro atoms. The van der Waals surface area contributed by atoms with E-state index in [-0.39, 0.29) is 12.2 Å². The number of fused-ring (bicyclic) bond motifs is 2. The Morgan fingerprint density at radius 1 is 1.12 bits per heavy atom. The van der Waals surface area contributed by atoms with E-state index in [1.54, 1.807) is 6.07 Å². The highest BCUT2D eigenvalue weighted by Gasteiger charge is 2.56. The fourth-order valence-electron chi connectivity index (χ4n) is 3.88. The van der Waals surface area contributed by atoms with Gasteiger partial charge in [0, 0.05) is 24.5 Å². The van der Waals surface area contributed by atoms with Crippen LogP contribution in [0.4, 0.5) is 0 Å². The summed E-state index contributed by atoms with van der Waals surface area (Å²) in [7, 11) is 0. The Morgan fingerprint density at radius 2 is 1.79 bits per heavy atom. The summed E-state index contributed by atoms with van der Waals surface area (Å²) < 4.78 is 0. The molecule has 1 saturated carbocycles. The smallest absolute Gasteiger partial charge is 0.308 e. The van der Waals surface area contributed by atoms with Crippen molar-refractivity contribution in [2.24, 2.45) is 16.9 Å². The summed E-state index contributed by atoms with van der Waals surface area (Å²) in [5.41, 5.74) is 3.98. The van der Waals surface area contributed by atoms with Gasteiger partial charge in [0.15, 0.2) is 0 Å². The highest BCUT2D eigenvalue weighted by atomic mass is 16.4. The third-order valence-electron chi connectivity index (χ3n) is 4.70. The number of benzene rings is 1. The molecule has 8 heteroatoms. The number of phenols is 1. The molecular weight excluding hydrogens is 316 g/mol. The van der Waals surface area contributed by atoms with E-state index in [1.807, 2.05) is 0 Å². The van der Waals surface area contributed by atoms with Gasteiger partial charge in [0.05, 0.1) is 11.8 Å². The fraction of sp³-hybridized carbons (Fsp3) is 0.375. The van der Waals surface area contributed by atoms with E-state index in [0.29, 0.717) is 16.8 Å². The molecule has 2 bridgehead atoms. The van der Waals surface area contributed by atoms with Crippen molar-refractivity contribution in [3.63, 3.8) is 0 Å². The first-order valence-corrected chi connectivity index (χ1v) is 7.42. The Hall–Kier alpha value is -2.90. The van der Waals surface area contributed by atoms with Gasteiger partial charge in [0.2, 0.25) is 5.91 Å². The van der Waals surface area contributed by atoms with Crippen LogP contribution in [0.1, 0.15) is 36.3 Å². The van der Waals surface area contributed by atoms with Gasteiger partial charge in [0.25, 0.3) is 0 Å². The number of carboxylic acid groups (broad SMARTS) is 2. The molecule has 4 N–H and O–H groups in total. The Morgan fingerprint density at radius 3 is 2.38 bits per heavy atom. The molecular formula is C16H16N2O6. The summed E-state index contributed by atoms with van der Waals surface area (Å²) in [6, 6.07) is 4.54. The van der Waals surface area contributed by atoms with E-state index >= 15 is 0 Å². The topological polar surface area (TPSA) is 136 Å². The number of carbonyl (C=O) groups excluding carboxylic acids is 1. The van der Waals surface area contributed by atoms with Crippen LogP contribution in [0.2, 0.25) is 0 Å². The number of hydrogen-bond donors (Lipinski definition) is 4. The molecule has 1 aromatic rings. The van der Waals surface area contributed by atoms with Crippen molar-refractivity contribution in [2.75, 3.05) is 0 Å². The maximum Gasteiger partial charge on any atom is 0.308 e. The summed E-state index contributed by atoms with van der Waals surface area (Å²) in [4.78, 5) is 34.6. The minimum Gasteiger partial charge on any atom is -0.508 e. The van der Waals surface area contributed by atoms with Gasteiger partial charge in [-0.3, -0.25) is 14.4 Å². The van der Waals surface area contributed by atoms with E-state index in [1.165, 1.54) is 19.1 Å². The molecule has 0 aromatic heterocycles. The summed E-state index contributed by atoms with van der Waals surface area (Å²) >= 11 is 0. The van der Waals surface area contributed by atoms with Crippen molar-refractivity contribution in [1.29, 1.82) is 0 Å². The minimum absolute atomic E-state index is 0.0313. The van der Waals surface area contributed by atoms with Crippen LogP contribution < -0.4 is 5.43 Å². The van der Waals surface area contributed by atoms with Gasteiger partial charge in [0.1, 0.15) is 5.75 Å². The van der Waals surface area contributed by atoms with E-state index in [0.717, 1.165) is 0 Å². The third-order valence-corrected chi connectivity index (χ3v) is 4.70. The Kier molecular flexibility index (Phi) is 3.75. The number of nitrogens with zero attached hydrogens (tertiary/aromatic N) is 1. The maximum atomic E-state index is 11.8. The van der Waals surface area contributed by atoms with Crippen LogP contribution in [0.3, 0.4) is 0 Å². The summed E-state index contributed by atoms with van der Waals surface area (Å²) in [5.74, 6) is -6.50. The minimum atomic E-state index is -1.23. The second-order valence-electron chi connectivity index (χ2n) is 6.10. The third kappa shape index (κ3) is 2.40. The molecule has 0 aliphatic heterocycles. The number of rotatable bonds is 3. The van der Waals surface area contributed by atoms with Crippen molar-refractivity contribution in [2.45, 2.75) is 25.2 Å². The van der Waals surface area contributed by atoms with Crippen molar-refractivity contribution in [3.8, 4) is 5.75 Å². The molecule has 4 rings (SSSR count). The maximum absolute atomic E-state index is 11.8. The number of aromatic hydroxyl groups is 1. The van der Waals surface area contributed by atoms with Crippen molar-refractivity contribution >= 4 is 23.6 Å². The molecule has 24 heavy (non-hydrogen) atoms. The molecule has 3 aliphatic rings. The van der Waals surface area contributed by atoms with Gasteiger partial charge in [-0.15, -0.1) is 0 Å². The van der Waals surface area contributed by atoms with Crippen LogP contribution in [-0.4, -0.2) is 38.9 Å². The first-order valence-electron chi connectivity index (χ1n) is 7.42. The average molecular weight is 332 g/mol. The van der Waals surface area contributed by atoms with E-state index in [9.17, 15) is 29.7 Å². The van der Waals surface area contributed by atoms with Gasteiger partial charge in [-0.1, -0.05) is 6.07 Å². The number of amides is 1. The van der Waals surface area contributed by atoms with Crippen LogP contribution in [0.15, 0.2) is 23.3 Å². The number of nitrogens with one attached hydrogen (secondary N) is 1. The Bertz CT molecular complexity index is 772. The predicted octanol–water partition coefficient (Wildman–Crippen LogP) is 0.870. The van der Waals surface area contributed by atoms with Gasteiger partial charge in [-0.2, -0.15) is 5.10 Å². The van der Waals surface area contributed by atoms with Crippen LogP contribution in [0.5, 0.6) is 5.75 Å². The molecule has 0 radical (unpaired) electrons. The second-order valence-corrected chi connectivity index (χ2v) is 6.10. The second kappa shape index (κ2) is 5.63. The molecule has 4 unspecified atom stereocenters. The number of hydrazone groups is 1. The predicted molar refractivity (Wildman–Crippen MR) is 81.7 cm³/mol. The number of carboxylic acids is 2. The van der Waals surface area contributed by atoms with Crippen molar-refractivity contribution in [3.05, 3.63) is 29.3 Å². The highest BCUT2D eigenvalue weighted by Crippen LogP contribution is 2.55. The van der Waals surface area contributed by atoms with E-state index < -0.39 is 41.5 Å². The molecule has 126 valence electrons. The lowest BCUT2D eigenvalue weighted by Gasteiger charge is -2.46. The van der Waals surface area contributed by atoms with Crippen LogP contribution in [0.25, 0.3) is 0 Å². The quantitative estimate of drug-likeness (QED) is 0.606. The number of hydrogen-bond acceptors (Lipinski definition) is 5. The molecule has 3 aliphatic carbocycles. The average Bonchev–Trinajstić information content (AvgIpc) is 2.51. The van der Waals surface area contributed by atoms with Crippen LogP contribution >= 0.6 is 0 Å². The van der Waals surface area contributed by atoms with Gasteiger partial charge in [-0.25, -0.2) is 5.43 Å². The van der Waals surface area contributed by atoms with E-state index in [2.05, 4.69) is 10.5 Å². The van der Waals surface area contributed by atoms with Crippen LogP contribution in [-0.2, 0) is 14.4 Å². The standard InChI is InChI=1S/C16H16N2O6/c1-6(19)17-18-11-5-10-8-3-2-7(20)4-9(8)12(11)14(16(23)24)13(10)15(21)22/h2-4,10,12-14,20H,5H2,1H3,(H,17,19)(H,21,22)(H,23,24). The first kappa shape index (κ1) is 16.0. The fourth-order valence-corrected chi connectivity index (χ4v) is 3.88. The molecule has 1 amide bonds.